The molecule has 0 bridgehead atoms. The van der Waals surface area contributed by atoms with Crippen molar-refractivity contribution in [3.05, 3.63) is 23.8 Å². The molecule has 0 spiro atoms. The molecule has 8 nitrogen and oxygen atoms in total. The molecule has 0 fully saturated rings. The van der Waals surface area contributed by atoms with Crippen molar-refractivity contribution < 1.29 is 29.4 Å². The zero-order chi connectivity index (χ0) is 15.1. The predicted octanol–water partition coefficient (Wildman–Crippen LogP) is 0.403. The van der Waals surface area contributed by atoms with Gasteiger partial charge in [-0.05, 0) is 12.1 Å². The van der Waals surface area contributed by atoms with Crippen molar-refractivity contribution in [3.8, 4) is 5.75 Å². The van der Waals surface area contributed by atoms with E-state index < -0.39 is 23.5 Å². The molecule has 1 aromatic rings. The van der Waals surface area contributed by atoms with Crippen LogP contribution in [0.2, 0.25) is 0 Å². The quantitative estimate of drug-likeness (QED) is 0.352. The third kappa shape index (κ3) is 4.25. The van der Waals surface area contributed by atoms with Gasteiger partial charge in [0.2, 0.25) is 5.91 Å². The Kier molecular flexibility index (Phi) is 5.48. The number of hydrogen-bond donors (Lipinski definition) is 4. The van der Waals surface area contributed by atoms with E-state index in [-0.39, 0.29) is 24.1 Å². The van der Waals surface area contributed by atoms with Crippen LogP contribution in [0.1, 0.15) is 23.2 Å². The van der Waals surface area contributed by atoms with Crippen molar-refractivity contribution in [1.82, 2.24) is 5.48 Å². The molecule has 0 saturated heterocycles. The zero-order valence-corrected chi connectivity index (χ0v) is 10.7. The molecule has 0 radical (unpaired) electrons. The number of carbonyl (C=O) groups excluding carboxylic acids is 3. The fourth-order valence-electron chi connectivity index (χ4n) is 1.40. The average molecular weight is 282 g/mol. The van der Waals surface area contributed by atoms with Crippen molar-refractivity contribution >= 4 is 23.5 Å². The highest BCUT2D eigenvalue weighted by molar-refractivity contribution is 5.98. The molecule has 20 heavy (non-hydrogen) atoms. The van der Waals surface area contributed by atoms with Crippen LogP contribution < -0.4 is 10.8 Å². The number of benzene rings is 1. The number of esters is 1. The van der Waals surface area contributed by atoms with E-state index in [0.717, 1.165) is 6.07 Å². The number of phenols is 1. The van der Waals surface area contributed by atoms with E-state index in [4.69, 9.17) is 5.21 Å². The van der Waals surface area contributed by atoms with Crippen LogP contribution in [-0.4, -0.2) is 35.2 Å². The molecule has 0 aromatic heterocycles. The van der Waals surface area contributed by atoms with Gasteiger partial charge in [0.25, 0.3) is 5.91 Å². The maximum absolute atomic E-state index is 11.5. The first-order valence-corrected chi connectivity index (χ1v) is 5.62. The van der Waals surface area contributed by atoms with Crippen LogP contribution >= 0.6 is 0 Å². The second kappa shape index (κ2) is 7.10. The lowest BCUT2D eigenvalue weighted by molar-refractivity contribution is -0.141. The summed E-state index contributed by atoms with van der Waals surface area (Å²) < 4.78 is 4.40. The van der Waals surface area contributed by atoms with E-state index in [2.05, 4.69) is 10.1 Å². The van der Waals surface area contributed by atoms with Gasteiger partial charge in [0.05, 0.1) is 19.1 Å². The van der Waals surface area contributed by atoms with E-state index in [9.17, 15) is 19.5 Å². The molecule has 0 aliphatic heterocycles. The molecule has 108 valence electrons. The smallest absolute Gasteiger partial charge is 0.306 e. The van der Waals surface area contributed by atoms with E-state index in [0.29, 0.717) is 0 Å². The van der Waals surface area contributed by atoms with Crippen molar-refractivity contribution in [3.63, 3.8) is 0 Å². The minimum absolute atomic E-state index is 0.0562. The molecular formula is C12H14N2O6. The van der Waals surface area contributed by atoms with Gasteiger partial charge in [0.1, 0.15) is 5.75 Å². The third-order valence-electron chi connectivity index (χ3n) is 2.41. The molecule has 0 atom stereocenters. The van der Waals surface area contributed by atoms with Crippen LogP contribution in [0.4, 0.5) is 5.69 Å². The number of amides is 2. The minimum atomic E-state index is -0.869. The summed E-state index contributed by atoms with van der Waals surface area (Å²) in [4.78, 5) is 33.5. The van der Waals surface area contributed by atoms with Crippen molar-refractivity contribution in [2.45, 2.75) is 12.8 Å². The topological polar surface area (TPSA) is 125 Å². The normalized spacial score (nSPS) is 9.70. The van der Waals surface area contributed by atoms with Crippen LogP contribution in [0.5, 0.6) is 5.75 Å². The van der Waals surface area contributed by atoms with Gasteiger partial charge in [-0.25, -0.2) is 5.48 Å². The van der Waals surface area contributed by atoms with Gasteiger partial charge in [0, 0.05) is 18.2 Å². The molecule has 0 unspecified atom stereocenters. The first-order chi connectivity index (χ1) is 9.47. The van der Waals surface area contributed by atoms with Gasteiger partial charge in [0.15, 0.2) is 0 Å². The monoisotopic (exact) mass is 282 g/mol. The average Bonchev–Trinajstić information content (AvgIpc) is 2.44. The van der Waals surface area contributed by atoms with Gasteiger partial charge >= 0.3 is 5.97 Å². The molecule has 2 amide bonds. The number of nitrogens with one attached hydrogen (secondary N) is 2. The van der Waals surface area contributed by atoms with E-state index in [1.165, 1.54) is 24.7 Å². The Labute approximate surface area is 114 Å². The Hall–Kier alpha value is -2.61. The van der Waals surface area contributed by atoms with Crippen LogP contribution in [0.3, 0.4) is 0 Å². The summed E-state index contributed by atoms with van der Waals surface area (Å²) in [6, 6.07) is 3.76. The molecule has 0 saturated carbocycles. The molecule has 0 heterocycles. The number of methoxy groups -OCH3 is 1. The molecule has 4 N–H and O–H groups in total. The second-order valence-corrected chi connectivity index (χ2v) is 3.80. The van der Waals surface area contributed by atoms with Crippen LogP contribution in [0, 0.1) is 0 Å². The van der Waals surface area contributed by atoms with E-state index in [1.54, 1.807) is 0 Å². The summed E-state index contributed by atoms with van der Waals surface area (Å²) >= 11 is 0. The van der Waals surface area contributed by atoms with Crippen molar-refractivity contribution in [2.75, 3.05) is 12.4 Å². The Morgan fingerprint density at radius 3 is 2.50 bits per heavy atom. The second-order valence-electron chi connectivity index (χ2n) is 3.80. The molecule has 0 aliphatic rings. The summed E-state index contributed by atoms with van der Waals surface area (Å²) in [5.74, 6) is -2.21. The number of aromatic hydroxyl groups is 1. The summed E-state index contributed by atoms with van der Waals surface area (Å²) in [5, 5.41) is 20.5. The highest BCUT2D eigenvalue weighted by Crippen LogP contribution is 2.22. The Bertz CT molecular complexity index is 529. The van der Waals surface area contributed by atoms with Gasteiger partial charge in [-0.15, -0.1) is 0 Å². The lowest BCUT2D eigenvalue weighted by Crippen LogP contribution is -2.19. The number of hydroxylamine groups is 1. The van der Waals surface area contributed by atoms with Crippen LogP contribution in [0.15, 0.2) is 18.2 Å². The molecule has 1 rings (SSSR count). The molecule has 8 heteroatoms. The van der Waals surface area contributed by atoms with Crippen LogP contribution in [0.25, 0.3) is 0 Å². The Morgan fingerprint density at radius 2 is 1.95 bits per heavy atom. The fraction of sp³-hybridized carbons (Fsp3) is 0.250. The number of hydrogen-bond acceptors (Lipinski definition) is 6. The summed E-state index contributed by atoms with van der Waals surface area (Å²) in [7, 11) is 1.23. The zero-order valence-electron chi connectivity index (χ0n) is 10.7. The van der Waals surface area contributed by atoms with Gasteiger partial charge in [-0.2, -0.15) is 0 Å². The summed E-state index contributed by atoms with van der Waals surface area (Å²) in [6.07, 6.45) is -0.119. The maximum atomic E-state index is 11.5. The Morgan fingerprint density at radius 1 is 1.25 bits per heavy atom. The lowest BCUT2D eigenvalue weighted by atomic mass is 10.1. The summed E-state index contributed by atoms with van der Waals surface area (Å²) in [6.45, 7) is 0. The molecular weight excluding hydrogens is 268 g/mol. The standard InChI is InChI=1S/C12H14N2O6/c1-20-11(17)5-4-10(16)13-7-2-3-8(9(15)6-7)12(18)14-19/h2-3,6,15,19H,4-5H2,1H3,(H,13,16)(H,14,18). The maximum Gasteiger partial charge on any atom is 0.306 e. The predicted molar refractivity (Wildman–Crippen MR) is 67.2 cm³/mol. The third-order valence-corrected chi connectivity index (χ3v) is 2.41. The molecule has 0 aliphatic carbocycles. The first-order valence-electron chi connectivity index (χ1n) is 5.62. The van der Waals surface area contributed by atoms with Gasteiger partial charge in [-0.3, -0.25) is 19.6 Å². The van der Waals surface area contributed by atoms with Crippen molar-refractivity contribution in [2.24, 2.45) is 0 Å². The SMILES string of the molecule is COC(=O)CCC(=O)Nc1ccc(C(=O)NO)c(O)c1. The van der Waals surface area contributed by atoms with Crippen LogP contribution in [-0.2, 0) is 14.3 Å². The number of ether oxygens (including phenoxy) is 1. The fourth-order valence-corrected chi connectivity index (χ4v) is 1.40. The minimum Gasteiger partial charge on any atom is -0.507 e. The van der Waals surface area contributed by atoms with Crippen molar-refractivity contribution in [1.29, 1.82) is 0 Å². The van der Waals surface area contributed by atoms with E-state index in [1.807, 2.05) is 0 Å². The highest BCUT2D eigenvalue weighted by atomic mass is 16.5. The highest BCUT2D eigenvalue weighted by Gasteiger charge is 2.12. The lowest BCUT2D eigenvalue weighted by Gasteiger charge is -2.07. The number of rotatable bonds is 5. The summed E-state index contributed by atoms with van der Waals surface area (Å²) in [5.41, 5.74) is 1.50. The largest absolute Gasteiger partial charge is 0.507 e. The number of anilines is 1. The first kappa shape index (κ1) is 15.4. The molecule has 1 aromatic carbocycles. The Balaban J connectivity index is 2.65. The van der Waals surface area contributed by atoms with Gasteiger partial charge in [-0.1, -0.05) is 0 Å². The number of carbonyl (C=O) groups is 3. The van der Waals surface area contributed by atoms with Gasteiger partial charge < -0.3 is 15.2 Å². The van der Waals surface area contributed by atoms with E-state index >= 15 is 0 Å². The number of phenolic OH excluding ortho intramolecular Hbond substituents is 1.